The van der Waals surface area contributed by atoms with Crippen LogP contribution in [0, 0.1) is 0 Å². The third kappa shape index (κ3) is 9.84. The fourth-order valence-electron chi connectivity index (χ4n) is 0.663. The first kappa shape index (κ1) is 11.8. The lowest BCUT2D eigenvalue weighted by molar-refractivity contribution is -0.858. The molecule has 0 aromatic rings. The zero-order valence-electron chi connectivity index (χ0n) is 8.01. The fourth-order valence-corrected chi connectivity index (χ4v) is 0.663. The minimum absolute atomic E-state index is 0.0852. The van der Waals surface area contributed by atoms with E-state index in [0.29, 0.717) is 19.8 Å². The van der Waals surface area contributed by atoms with E-state index < -0.39 is 0 Å². The third-order valence-electron chi connectivity index (χ3n) is 1.35. The van der Waals surface area contributed by atoms with Crippen LogP contribution in [0.15, 0.2) is 0 Å². The predicted molar refractivity (Wildman–Crippen MR) is 46.4 cm³/mol. The maximum absolute atomic E-state index is 8.37. The molecule has 4 heteroatoms. The summed E-state index contributed by atoms with van der Waals surface area (Å²) in [5.41, 5.74) is 0. The highest BCUT2D eigenvalue weighted by molar-refractivity contribution is 4.30. The summed E-state index contributed by atoms with van der Waals surface area (Å²) in [6, 6.07) is 0. The molecule has 0 bridgehead atoms. The van der Waals surface area contributed by atoms with Crippen molar-refractivity contribution in [1.82, 2.24) is 0 Å². The van der Waals surface area contributed by atoms with Gasteiger partial charge in [0.05, 0.1) is 47.1 Å². The molecular formula is C8H20NO3+. The number of nitrogens with one attached hydrogen (secondary N) is 1. The first-order valence-corrected chi connectivity index (χ1v) is 4.32. The van der Waals surface area contributed by atoms with E-state index >= 15 is 0 Å². The van der Waals surface area contributed by atoms with Gasteiger partial charge in [-0.05, 0) is 0 Å². The van der Waals surface area contributed by atoms with Crippen LogP contribution in [0.25, 0.3) is 0 Å². The second-order valence-electron chi connectivity index (χ2n) is 2.91. The molecule has 0 radical (unpaired) electrons. The van der Waals surface area contributed by atoms with Gasteiger partial charge >= 0.3 is 0 Å². The van der Waals surface area contributed by atoms with Gasteiger partial charge < -0.3 is 19.5 Å². The van der Waals surface area contributed by atoms with Gasteiger partial charge in [-0.15, -0.1) is 0 Å². The van der Waals surface area contributed by atoms with Crippen molar-refractivity contribution in [2.45, 2.75) is 0 Å². The number of aliphatic hydroxyl groups is 1. The minimum atomic E-state index is 0.0852. The summed E-state index contributed by atoms with van der Waals surface area (Å²) in [6.07, 6.45) is 0. The van der Waals surface area contributed by atoms with Gasteiger partial charge in [-0.1, -0.05) is 0 Å². The van der Waals surface area contributed by atoms with Crippen LogP contribution in [-0.4, -0.2) is 58.8 Å². The molecule has 4 nitrogen and oxygen atoms in total. The molecule has 12 heavy (non-hydrogen) atoms. The molecule has 0 aliphatic heterocycles. The van der Waals surface area contributed by atoms with Crippen molar-refractivity contribution < 1.29 is 19.5 Å². The molecule has 0 spiro atoms. The van der Waals surface area contributed by atoms with Crippen molar-refractivity contribution in [3.8, 4) is 0 Å². The Kier molecular flexibility index (Phi) is 8.81. The van der Waals surface area contributed by atoms with Gasteiger partial charge in [0.2, 0.25) is 0 Å². The van der Waals surface area contributed by atoms with Gasteiger partial charge in [-0.25, -0.2) is 0 Å². The summed E-state index contributed by atoms with van der Waals surface area (Å²) in [5, 5.41) is 8.37. The Hall–Kier alpha value is -0.160. The van der Waals surface area contributed by atoms with E-state index in [9.17, 15) is 0 Å². The van der Waals surface area contributed by atoms with Crippen molar-refractivity contribution in [1.29, 1.82) is 0 Å². The minimum Gasteiger partial charge on any atom is -0.394 e. The standard InChI is InChI=1S/C8H19NO3/c1-9(2)3-5-11-7-8-12-6-4-10/h10H,3-8H2,1-2H3/p+1. The van der Waals surface area contributed by atoms with E-state index in [0.717, 1.165) is 13.2 Å². The number of hydrogen-bond donors (Lipinski definition) is 2. The topological polar surface area (TPSA) is 43.1 Å². The molecule has 0 amide bonds. The maximum Gasteiger partial charge on any atom is 0.100 e. The maximum atomic E-state index is 8.37. The number of rotatable bonds is 8. The Morgan fingerprint density at radius 2 is 1.58 bits per heavy atom. The van der Waals surface area contributed by atoms with Gasteiger partial charge in [0, 0.05) is 0 Å². The monoisotopic (exact) mass is 178 g/mol. The molecule has 0 aliphatic rings. The summed E-state index contributed by atoms with van der Waals surface area (Å²) in [7, 11) is 4.18. The molecule has 2 N–H and O–H groups in total. The average Bonchev–Trinajstić information content (AvgIpc) is 2.02. The first-order valence-electron chi connectivity index (χ1n) is 4.32. The summed E-state index contributed by atoms with van der Waals surface area (Å²) in [4.78, 5) is 1.38. The van der Waals surface area contributed by atoms with Crippen molar-refractivity contribution in [3.63, 3.8) is 0 Å². The molecule has 0 aromatic heterocycles. The van der Waals surface area contributed by atoms with E-state index in [-0.39, 0.29) is 6.61 Å². The highest BCUT2D eigenvalue weighted by atomic mass is 16.5. The van der Waals surface area contributed by atoms with Crippen LogP contribution in [-0.2, 0) is 9.47 Å². The largest absolute Gasteiger partial charge is 0.394 e. The summed E-state index contributed by atoms with van der Waals surface area (Å²) < 4.78 is 10.3. The Balaban J connectivity index is 2.82. The SMILES string of the molecule is C[NH+](C)CCOCCOCCO. The highest BCUT2D eigenvalue weighted by Crippen LogP contribution is 1.76. The van der Waals surface area contributed by atoms with E-state index in [1.807, 2.05) is 0 Å². The Labute approximate surface area is 74.1 Å². The molecule has 0 unspecified atom stereocenters. The summed E-state index contributed by atoms with van der Waals surface area (Å²) in [5.74, 6) is 0. The van der Waals surface area contributed by atoms with E-state index in [1.54, 1.807) is 0 Å². The molecule has 0 heterocycles. The van der Waals surface area contributed by atoms with E-state index in [4.69, 9.17) is 14.6 Å². The number of likely N-dealkylation sites (N-methyl/N-ethyl adjacent to an activating group) is 1. The summed E-state index contributed by atoms with van der Waals surface area (Å²) in [6.45, 7) is 3.46. The molecule has 0 atom stereocenters. The van der Waals surface area contributed by atoms with Gasteiger partial charge in [0.25, 0.3) is 0 Å². The third-order valence-corrected chi connectivity index (χ3v) is 1.35. The quantitative estimate of drug-likeness (QED) is 0.429. The van der Waals surface area contributed by atoms with Gasteiger partial charge in [0.15, 0.2) is 0 Å². The number of aliphatic hydroxyl groups excluding tert-OH is 1. The first-order chi connectivity index (χ1) is 5.77. The van der Waals surface area contributed by atoms with Crippen molar-refractivity contribution >= 4 is 0 Å². The van der Waals surface area contributed by atoms with Crippen molar-refractivity contribution in [2.75, 3.05) is 53.7 Å². The number of hydrogen-bond acceptors (Lipinski definition) is 3. The van der Waals surface area contributed by atoms with Gasteiger partial charge in [-0.3, -0.25) is 0 Å². The van der Waals surface area contributed by atoms with Crippen molar-refractivity contribution in [3.05, 3.63) is 0 Å². The van der Waals surface area contributed by atoms with Crippen molar-refractivity contribution in [2.24, 2.45) is 0 Å². The molecular weight excluding hydrogens is 158 g/mol. The van der Waals surface area contributed by atoms with E-state index in [2.05, 4.69) is 14.1 Å². The molecule has 0 saturated carbocycles. The highest BCUT2D eigenvalue weighted by Gasteiger charge is 1.93. The van der Waals surface area contributed by atoms with Gasteiger partial charge in [0.1, 0.15) is 6.54 Å². The fraction of sp³-hybridized carbons (Fsp3) is 1.00. The average molecular weight is 178 g/mol. The van der Waals surface area contributed by atoms with Crippen LogP contribution in [0.3, 0.4) is 0 Å². The molecule has 0 fully saturated rings. The number of quaternary nitrogens is 1. The van der Waals surface area contributed by atoms with Crippen LogP contribution >= 0.6 is 0 Å². The van der Waals surface area contributed by atoms with Crippen LogP contribution in [0.2, 0.25) is 0 Å². The predicted octanol–water partition coefficient (Wildman–Crippen LogP) is -1.84. The lowest BCUT2D eigenvalue weighted by atomic mass is 10.6. The second kappa shape index (κ2) is 8.93. The van der Waals surface area contributed by atoms with Crippen LogP contribution in [0.1, 0.15) is 0 Å². The summed E-state index contributed by atoms with van der Waals surface area (Å²) >= 11 is 0. The molecule has 0 aromatic carbocycles. The lowest BCUT2D eigenvalue weighted by Crippen LogP contribution is -3.06. The number of ether oxygens (including phenoxy) is 2. The molecule has 0 rings (SSSR count). The van der Waals surface area contributed by atoms with Crippen LogP contribution in [0.5, 0.6) is 0 Å². The zero-order valence-corrected chi connectivity index (χ0v) is 8.01. The Morgan fingerprint density at radius 3 is 2.08 bits per heavy atom. The smallest absolute Gasteiger partial charge is 0.100 e. The Bertz CT molecular complexity index is 88.4. The normalized spacial score (nSPS) is 11.0. The molecule has 74 valence electrons. The Morgan fingerprint density at radius 1 is 1.00 bits per heavy atom. The van der Waals surface area contributed by atoms with Crippen LogP contribution in [0.4, 0.5) is 0 Å². The second-order valence-corrected chi connectivity index (χ2v) is 2.91. The van der Waals surface area contributed by atoms with E-state index in [1.165, 1.54) is 4.90 Å². The molecule has 0 aliphatic carbocycles. The van der Waals surface area contributed by atoms with Crippen LogP contribution < -0.4 is 4.90 Å². The zero-order chi connectivity index (χ0) is 9.23. The van der Waals surface area contributed by atoms with Gasteiger partial charge in [-0.2, -0.15) is 0 Å². The lowest BCUT2D eigenvalue weighted by Gasteiger charge is -2.07. The molecule has 0 saturated heterocycles.